The van der Waals surface area contributed by atoms with Crippen LogP contribution in [0, 0.1) is 10.8 Å². The lowest BCUT2D eigenvalue weighted by atomic mass is 9.47. The van der Waals surface area contributed by atoms with Crippen LogP contribution < -0.4 is 0 Å². The molecular formula is C15H23Br2ClO2. The first-order valence-corrected chi connectivity index (χ1v) is 9.53. The van der Waals surface area contributed by atoms with Crippen LogP contribution >= 0.6 is 43.5 Å². The van der Waals surface area contributed by atoms with Gasteiger partial charge in [-0.1, -0.05) is 45.7 Å². The molecule has 0 aromatic carbocycles. The van der Waals surface area contributed by atoms with Crippen molar-refractivity contribution >= 4 is 43.5 Å². The highest BCUT2D eigenvalue weighted by atomic mass is 79.9. The second-order valence-corrected chi connectivity index (χ2v) is 10.7. The SMILES string of the molecule is CC1(Cl)CCC2(CC1Br)C(C)(C)C(Br)C(O)C1OC12C. The summed E-state index contributed by atoms with van der Waals surface area (Å²) in [6.45, 7) is 8.81. The molecule has 1 spiro atoms. The molecule has 3 rings (SSSR count). The molecule has 7 atom stereocenters. The van der Waals surface area contributed by atoms with Crippen molar-refractivity contribution in [2.45, 2.75) is 79.3 Å². The van der Waals surface area contributed by atoms with E-state index in [0.717, 1.165) is 19.3 Å². The Morgan fingerprint density at radius 1 is 1.15 bits per heavy atom. The Morgan fingerprint density at radius 2 is 1.75 bits per heavy atom. The predicted octanol–water partition coefficient (Wildman–Crippen LogP) is 4.24. The summed E-state index contributed by atoms with van der Waals surface area (Å²) in [4.78, 5) is 0.121. The third-order valence-electron chi connectivity index (χ3n) is 6.56. The largest absolute Gasteiger partial charge is 0.389 e. The van der Waals surface area contributed by atoms with E-state index in [9.17, 15) is 5.11 Å². The minimum Gasteiger partial charge on any atom is -0.389 e. The van der Waals surface area contributed by atoms with Gasteiger partial charge < -0.3 is 9.84 Å². The summed E-state index contributed by atoms with van der Waals surface area (Å²) in [5.41, 5.74) is -0.228. The highest BCUT2D eigenvalue weighted by molar-refractivity contribution is 9.09. The average molecular weight is 431 g/mol. The van der Waals surface area contributed by atoms with Gasteiger partial charge in [0.15, 0.2) is 0 Å². The Bertz CT molecular complexity index is 442. The second kappa shape index (κ2) is 4.37. The fourth-order valence-corrected chi connectivity index (χ4v) is 6.43. The van der Waals surface area contributed by atoms with Crippen molar-refractivity contribution in [3.63, 3.8) is 0 Å². The minimum atomic E-state index is -0.432. The topological polar surface area (TPSA) is 32.8 Å². The maximum atomic E-state index is 10.5. The lowest BCUT2D eigenvalue weighted by Crippen LogP contribution is -2.64. The molecule has 1 N–H and O–H groups in total. The molecule has 5 heteroatoms. The zero-order chi connectivity index (χ0) is 15.1. The van der Waals surface area contributed by atoms with Crippen molar-refractivity contribution < 1.29 is 9.84 Å². The number of alkyl halides is 3. The average Bonchev–Trinajstić information content (AvgIpc) is 3.03. The fourth-order valence-electron chi connectivity index (χ4n) is 4.77. The molecule has 1 aliphatic heterocycles. The van der Waals surface area contributed by atoms with Crippen molar-refractivity contribution in [2.75, 3.05) is 0 Å². The predicted molar refractivity (Wildman–Crippen MR) is 89.0 cm³/mol. The molecule has 0 radical (unpaired) electrons. The van der Waals surface area contributed by atoms with E-state index in [1.165, 1.54) is 0 Å². The zero-order valence-electron chi connectivity index (χ0n) is 12.4. The van der Waals surface area contributed by atoms with Crippen LogP contribution in [-0.4, -0.2) is 37.4 Å². The third-order valence-corrected chi connectivity index (χ3v) is 10.3. The Hall–Kier alpha value is 1.17. The second-order valence-electron chi connectivity index (χ2n) is 7.79. The smallest absolute Gasteiger partial charge is 0.115 e. The molecule has 116 valence electrons. The molecule has 7 unspecified atom stereocenters. The molecule has 2 aliphatic carbocycles. The van der Waals surface area contributed by atoms with E-state index in [0.29, 0.717) is 0 Å². The van der Waals surface area contributed by atoms with Crippen LogP contribution in [0.4, 0.5) is 0 Å². The van der Waals surface area contributed by atoms with E-state index in [1.54, 1.807) is 0 Å². The molecule has 3 aliphatic rings. The molecular weight excluding hydrogens is 407 g/mol. The molecule has 0 amide bonds. The first kappa shape index (κ1) is 16.0. The van der Waals surface area contributed by atoms with Crippen molar-refractivity contribution in [3.05, 3.63) is 0 Å². The van der Waals surface area contributed by atoms with Gasteiger partial charge in [0.05, 0.1) is 11.0 Å². The number of aliphatic hydroxyl groups excluding tert-OH is 1. The molecule has 0 aromatic rings. The summed E-state index contributed by atoms with van der Waals surface area (Å²) < 4.78 is 6.05. The Labute approximate surface area is 143 Å². The zero-order valence-corrected chi connectivity index (χ0v) is 16.3. The fraction of sp³-hybridized carbons (Fsp3) is 1.00. The van der Waals surface area contributed by atoms with Gasteiger partial charge in [0, 0.05) is 15.1 Å². The Balaban J connectivity index is 2.03. The Kier molecular flexibility index (Phi) is 3.51. The van der Waals surface area contributed by atoms with Crippen LogP contribution in [0.3, 0.4) is 0 Å². The summed E-state index contributed by atoms with van der Waals surface area (Å²) in [5, 5.41) is 10.5. The van der Waals surface area contributed by atoms with Gasteiger partial charge in [0.1, 0.15) is 11.7 Å². The van der Waals surface area contributed by atoms with Gasteiger partial charge in [0.25, 0.3) is 0 Å². The maximum absolute atomic E-state index is 10.5. The normalized spacial score (nSPS) is 61.2. The van der Waals surface area contributed by atoms with Crippen molar-refractivity contribution in [1.29, 1.82) is 0 Å². The summed E-state index contributed by atoms with van der Waals surface area (Å²) in [6.07, 6.45) is 2.53. The number of epoxide rings is 1. The maximum Gasteiger partial charge on any atom is 0.115 e. The van der Waals surface area contributed by atoms with Crippen LogP contribution in [0.2, 0.25) is 0 Å². The van der Waals surface area contributed by atoms with Gasteiger partial charge in [-0.05, 0) is 38.5 Å². The van der Waals surface area contributed by atoms with Gasteiger partial charge in [-0.2, -0.15) is 0 Å². The number of hydrogen-bond donors (Lipinski definition) is 1. The molecule has 0 bridgehead atoms. The summed E-state index contributed by atoms with van der Waals surface area (Å²) in [6, 6.07) is 0. The molecule has 0 aromatic heterocycles. The van der Waals surface area contributed by atoms with Gasteiger partial charge in [-0.25, -0.2) is 0 Å². The van der Waals surface area contributed by atoms with E-state index in [2.05, 4.69) is 59.6 Å². The minimum absolute atomic E-state index is 0.0423. The van der Waals surface area contributed by atoms with E-state index in [-0.39, 0.29) is 37.1 Å². The van der Waals surface area contributed by atoms with E-state index < -0.39 is 6.10 Å². The first-order valence-electron chi connectivity index (χ1n) is 7.33. The highest BCUT2D eigenvalue weighted by Gasteiger charge is 2.78. The quantitative estimate of drug-likeness (QED) is 0.461. The summed E-state index contributed by atoms with van der Waals surface area (Å²) >= 11 is 14.2. The molecule has 3 fully saturated rings. The van der Waals surface area contributed by atoms with Crippen LogP contribution in [0.5, 0.6) is 0 Å². The molecule has 20 heavy (non-hydrogen) atoms. The number of aliphatic hydroxyl groups is 1. The summed E-state index contributed by atoms with van der Waals surface area (Å²) in [7, 11) is 0. The van der Waals surface area contributed by atoms with Crippen LogP contribution in [0.25, 0.3) is 0 Å². The van der Waals surface area contributed by atoms with Crippen molar-refractivity contribution in [2.24, 2.45) is 10.8 Å². The number of hydrogen-bond acceptors (Lipinski definition) is 2. The monoisotopic (exact) mass is 428 g/mol. The third kappa shape index (κ3) is 1.75. The lowest BCUT2D eigenvalue weighted by molar-refractivity contribution is -0.0770. The molecule has 2 nitrogen and oxygen atoms in total. The number of rotatable bonds is 0. The van der Waals surface area contributed by atoms with Crippen LogP contribution in [0.1, 0.15) is 47.0 Å². The lowest BCUT2D eigenvalue weighted by Gasteiger charge is -2.60. The molecule has 2 saturated carbocycles. The Morgan fingerprint density at radius 3 is 2.30 bits per heavy atom. The van der Waals surface area contributed by atoms with Crippen LogP contribution in [-0.2, 0) is 4.74 Å². The van der Waals surface area contributed by atoms with E-state index in [4.69, 9.17) is 16.3 Å². The van der Waals surface area contributed by atoms with E-state index in [1.807, 2.05) is 0 Å². The van der Waals surface area contributed by atoms with Gasteiger partial charge >= 0.3 is 0 Å². The van der Waals surface area contributed by atoms with Gasteiger partial charge in [-0.15, -0.1) is 11.6 Å². The highest BCUT2D eigenvalue weighted by Crippen LogP contribution is 2.72. The van der Waals surface area contributed by atoms with Crippen LogP contribution in [0.15, 0.2) is 0 Å². The van der Waals surface area contributed by atoms with Crippen molar-refractivity contribution in [3.8, 4) is 0 Å². The standard InChI is InChI=1S/C15H23Br2ClO2/c1-12(2)10(17)9(19)11-14(4,20-11)15(12)6-5-13(3,18)8(16)7-15/h8-11,19H,5-7H2,1-4H3. The van der Waals surface area contributed by atoms with E-state index >= 15 is 0 Å². The number of fused-ring (bicyclic) bond motifs is 2. The summed E-state index contributed by atoms with van der Waals surface area (Å²) in [5.74, 6) is 0. The first-order chi connectivity index (χ1) is 9.00. The number of ether oxygens (including phenoxy) is 1. The molecule has 1 saturated heterocycles. The van der Waals surface area contributed by atoms with Gasteiger partial charge in [-0.3, -0.25) is 0 Å². The van der Waals surface area contributed by atoms with Crippen molar-refractivity contribution in [1.82, 2.24) is 0 Å². The number of halogens is 3. The molecule has 1 heterocycles. The van der Waals surface area contributed by atoms with Gasteiger partial charge in [0.2, 0.25) is 0 Å².